The summed E-state index contributed by atoms with van der Waals surface area (Å²) in [7, 11) is 2.59. The number of aromatic amines is 2. The van der Waals surface area contributed by atoms with Crippen LogP contribution in [0, 0.1) is 18.8 Å². The maximum atomic E-state index is 13.9. The van der Waals surface area contributed by atoms with Crippen LogP contribution in [0.2, 0.25) is 0 Å². The molecule has 17 nitrogen and oxygen atoms in total. The van der Waals surface area contributed by atoms with Gasteiger partial charge in [0.15, 0.2) is 5.01 Å². The molecule has 0 radical (unpaired) electrons. The van der Waals surface area contributed by atoms with E-state index in [4.69, 9.17) is 29.2 Å². The van der Waals surface area contributed by atoms with Crippen molar-refractivity contribution in [2.45, 2.75) is 110 Å². The molecule has 5 atom stereocenters. The topological polar surface area (TPSA) is 202 Å². The highest BCUT2D eigenvalue weighted by Gasteiger charge is 2.40. The molecule has 3 aliphatic heterocycles. The molecule has 9 rings (SSSR count). The van der Waals surface area contributed by atoms with Crippen molar-refractivity contribution in [1.29, 1.82) is 0 Å². The zero-order valence-corrected chi connectivity index (χ0v) is 40.7. The summed E-state index contributed by atoms with van der Waals surface area (Å²) in [5.41, 5.74) is 7.49. The largest absolute Gasteiger partial charge is 0.463 e. The number of carbonyl (C=O) groups is 4. The minimum Gasteiger partial charge on any atom is -0.463 e. The third-order valence-electron chi connectivity index (χ3n) is 13.4. The number of hydrogen-bond donors (Lipinski definition) is 4. The lowest BCUT2D eigenvalue weighted by atomic mass is 9.98. The molecular formula is C50H60N10O7S. The summed E-state index contributed by atoms with van der Waals surface area (Å²) in [5.74, 6) is 1.54. The van der Waals surface area contributed by atoms with Gasteiger partial charge < -0.3 is 44.6 Å². The zero-order valence-electron chi connectivity index (χ0n) is 39.8. The Morgan fingerprint density at radius 2 is 1.38 bits per heavy atom. The van der Waals surface area contributed by atoms with Crippen LogP contribution < -0.4 is 15.4 Å². The second-order valence-corrected chi connectivity index (χ2v) is 19.8. The van der Waals surface area contributed by atoms with E-state index in [2.05, 4.69) is 75.4 Å². The van der Waals surface area contributed by atoms with E-state index in [9.17, 15) is 19.2 Å². The number of alkyl carbamates (subject to hydrolysis) is 2. The monoisotopic (exact) mass is 944 g/mol. The van der Waals surface area contributed by atoms with E-state index in [0.29, 0.717) is 24.7 Å². The molecule has 2 fully saturated rings. The molecule has 68 heavy (non-hydrogen) atoms. The summed E-state index contributed by atoms with van der Waals surface area (Å²) >= 11 is 1.67. The minimum atomic E-state index is -0.725. The molecule has 18 heteroatoms. The first-order chi connectivity index (χ1) is 32.8. The Bertz CT molecular complexity index is 2860. The predicted molar refractivity (Wildman–Crippen MR) is 258 cm³/mol. The molecule has 6 aromatic rings. The van der Waals surface area contributed by atoms with Gasteiger partial charge in [-0.1, -0.05) is 47.1 Å². The van der Waals surface area contributed by atoms with Gasteiger partial charge in [0.1, 0.15) is 29.5 Å². The smallest absolute Gasteiger partial charge is 0.407 e. The van der Waals surface area contributed by atoms with Gasteiger partial charge in [0, 0.05) is 46.2 Å². The maximum Gasteiger partial charge on any atom is 0.407 e. The highest BCUT2D eigenvalue weighted by Crippen LogP contribution is 2.48. The Kier molecular flexibility index (Phi) is 13.1. The summed E-state index contributed by atoms with van der Waals surface area (Å²) in [6.45, 7) is 13.0. The Labute approximate surface area is 399 Å². The van der Waals surface area contributed by atoms with Crippen LogP contribution in [-0.2, 0) is 25.5 Å². The van der Waals surface area contributed by atoms with Crippen molar-refractivity contribution in [3.8, 4) is 39.5 Å². The Hall–Kier alpha value is -6.69. The lowest BCUT2D eigenvalue weighted by molar-refractivity contribution is -0.136. The molecule has 0 spiro atoms. The van der Waals surface area contributed by atoms with Crippen molar-refractivity contribution >= 4 is 46.2 Å². The minimum absolute atomic E-state index is 0.132. The fourth-order valence-corrected chi connectivity index (χ4v) is 11.0. The van der Waals surface area contributed by atoms with E-state index >= 15 is 0 Å². The van der Waals surface area contributed by atoms with Crippen LogP contribution in [0.25, 0.3) is 44.7 Å². The van der Waals surface area contributed by atoms with Gasteiger partial charge in [-0.15, -0.1) is 11.3 Å². The fraction of sp³-hybridized carbons (Fsp3) is 0.460. The average Bonchev–Trinajstić information content (AvgIpc) is 4.19. The first-order valence-corrected chi connectivity index (χ1v) is 24.4. The van der Waals surface area contributed by atoms with E-state index in [1.54, 1.807) is 11.3 Å². The molecule has 0 bridgehead atoms. The van der Waals surface area contributed by atoms with E-state index in [0.717, 1.165) is 99.5 Å². The van der Waals surface area contributed by atoms with Gasteiger partial charge in [-0.05, 0) is 86.8 Å². The number of amides is 4. The number of carbonyl (C=O) groups excluding carboxylic acids is 4. The van der Waals surface area contributed by atoms with E-state index < -0.39 is 30.5 Å². The molecule has 4 N–H and O–H groups in total. The first-order valence-electron chi connectivity index (χ1n) is 23.6. The molecule has 1 unspecified atom stereocenters. The number of fused-ring (bicyclic) bond motifs is 5. The molecule has 3 aliphatic rings. The summed E-state index contributed by atoms with van der Waals surface area (Å²) < 4.78 is 18.9. The number of thiazole rings is 1. The number of nitrogens with zero attached hydrogens (tertiary/aromatic N) is 6. The number of H-pyrrole nitrogens is 2. The quantitative estimate of drug-likeness (QED) is 0.0867. The number of ether oxygens (including phenoxy) is 3. The number of benzene rings is 2. The van der Waals surface area contributed by atoms with Gasteiger partial charge >= 0.3 is 12.2 Å². The van der Waals surface area contributed by atoms with Gasteiger partial charge in [0.05, 0.1) is 61.3 Å². The molecule has 358 valence electrons. The third-order valence-corrected chi connectivity index (χ3v) is 14.5. The summed E-state index contributed by atoms with van der Waals surface area (Å²) in [6.07, 6.45) is 8.88. The second-order valence-electron chi connectivity index (χ2n) is 18.7. The van der Waals surface area contributed by atoms with Crippen LogP contribution in [0.15, 0.2) is 55.0 Å². The van der Waals surface area contributed by atoms with Crippen molar-refractivity contribution in [2.75, 3.05) is 27.3 Å². The van der Waals surface area contributed by atoms with Crippen LogP contribution in [-0.4, -0.2) is 103 Å². The number of nitrogens with one attached hydrogen (secondary N) is 4. The lowest BCUT2D eigenvalue weighted by Crippen LogP contribution is -2.51. The normalized spacial score (nSPS) is 18.6. The van der Waals surface area contributed by atoms with Crippen LogP contribution >= 0.6 is 11.3 Å². The molecule has 7 heterocycles. The SMILES string of the molecule is CCCc1cnc(C2Oc3cc(-c4cnc([C@@H]5CCCN5C(=O)[C@@H](NC(=O)OC)C(C)C)[nH]4)cc(C)c3-c3cc4cc(-c5cnc([C@@H]6CCCN6C(=O)[C@@H](NC(=O)OC)C(C)C)[nH]5)ccc4n32)s1. The lowest BCUT2D eigenvalue weighted by Gasteiger charge is -2.30. The standard InChI is InChI=1S/C50H60N10O7S/c1-9-12-32-23-53-45(68-32)48-60-35-16-15-29(33-24-51-43(54-33)36-13-10-17-58(36)46(61)41(26(2)3)56-49(63)65-7)20-31(35)21-38(60)40-28(6)19-30(22-39(40)67-48)34-25-52-44(55-34)37-14-11-18-59(37)47(62)42(27(4)5)57-50(64)66-8/h15-16,19-27,36-37,41-42,48H,9-14,17-18H2,1-8H3,(H,51,54)(H,52,55)(H,56,63)(H,57,64)/t36-,37-,41-,42-,48?/m0/s1. The van der Waals surface area contributed by atoms with Crippen molar-refractivity contribution in [3.05, 3.63) is 82.1 Å². The predicted octanol–water partition coefficient (Wildman–Crippen LogP) is 8.83. The highest BCUT2D eigenvalue weighted by atomic mass is 32.1. The highest BCUT2D eigenvalue weighted by molar-refractivity contribution is 7.11. The number of likely N-dealkylation sites (tertiary alicyclic amines) is 2. The molecular weight excluding hydrogens is 885 g/mol. The van der Waals surface area contributed by atoms with Crippen molar-refractivity contribution < 1.29 is 33.4 Å². The number of aromatic nitrogens is 6. The van der Waals surface area contributed by atoms with Crippen LogP contribution in [0.4, 0.5) is 9.59 Å². The number of aryl methyl sites for hydroxylation is 2. The summed E-state index contributed by atoms with van der Waals surface area (Å²) in [6, 6.07) is 10.8. The number of imidazole rings is 2. The average molecular weight is 945 g/mol. The fourth-order valence-electron chi connectivity index (χ4n) is 10.0. The zero-order chi connectivity index (χ0) is 48.0. The maximum absolute atomic E-state index is 13.9. The number of hydrogen-bond acceptors (Lipinski definition) is 11. The van der Waals surface area contributed by atoms with Gasteiger partial charge in [0.25, 0.3) is 0 Å². The Morgan fingerprint density at radius 1 is 0.794 bits per heavy atom. The van der Waals surface area contributed by atoms with Crippen molar-refractivity contribution in [1.82, 2.24) is 49.9 Å². The van der Waals surface area contributed by atoms with E-state index in [1.807, 2.05) is 56.1 Å². The van der Waals surface area contributed by atoms with Gasteiger partial charge in [-0.2, -0.15) is 0 Å². The van der Waals surface area contributed by atoms with Gasteiger partial charge in [-0.3, -0.25) is 14.2 Å². The molecule has 4 aromatic heterocycles. The van der Waals surface area contributed by atoms with E-state index in [1.165, 1.54) is 19.1 Å². The third kappa shape index (κ3) is 8.69. The Balaban J connectivity index is 1.03. The molecule has 0 saturated carbocycles. The molecule has 2 saturated heterocycles. The van der Waals surface area contributed by atoms with E-state index in [-0.39, 0.29) is 35.7 Å². The Morgan fingerprint density at radius 3 is 1.94 bits per heavy atom. The van der Waals surface area contributed by atoms with Crippen LogP contribution in [0.1, 0.15) is 112 Å². The molecule has 0 aliphatic carbocycles. The van der Waals surface area contributed by atoms with Crippen molar-refractivity contribution in [2.24, 2.45) is 11.8 Å². The van der Waals surface area contributed by atoms with Gasteiger partial charge in [-0.25, -0.2) is 24.5 Å². The number of rotatable bonds is 13. The van der Waals surface area contributed by atoms with Gasteiger partial charge in [0.2, 0.25) is 18.0 Å². The van der Waals surface area contributed by atoms with Crippen molar-refractivity contribution in [3.63, 3.8) is 0 Å². The second kappa shape index (κ2) is 19.1. The summed E-state index contributed by atoms with van der Waals surface area (Å²) in [4.78, 5) is 78.4. The van der Waals surface area contributed by atoms with Crippen LogP contribution in [0.3, 0.4) is 0 Å². The molecule has 4 amide bonds. The molecule has 2 aromatic carbocycles. The summed E-state index contributed by atoms with van der Waals surface area (Å²) in [5, 5.41) is 7.33. The number of methoxy groups -OCH3 is 2. The first kappa shape index (κ1) is 46.4. The van der Waals surface area contributed by atoms with Crippen LogP contribution in [0.5, 0.6) is 5.75 Å².